The first kappa shape index (κ1) is 31.7. The predicted molar refractivity (Wildman–Crippen MR) is 217 cm³/mol. The third-order valence-electron chi connectivity index (χ3n) is 12.6. The van der Waals surface area contributed by atoms with Crippen LogP contribution in [-0.4, -0.2) is 11.3 Å². The zero-order valence-electron chi connectivity index (χ0n) is 31.4. The maximum atomic E-state index is 2.68. The van der Waals surface area contributed by atoms with Gasteiger partial charge < -0.3 is 9.47 Å². The third-order valence-corrected chi connectivity index (χ3v) is 12.6. The van der Waals surface area contributed by atoms with Crippen LogP contribution in [0, 0.1) is 5.41 Å². The molecule has 50 heavy (non-hydrogen) atoms. The predicted octanol–water partition coefficient (Wildman–Crippen LogP) is 10.4. The van der Waals surface area contributed by atoms with E-state index in [0.29, 0.717) is 0 Å². The Bertz CT molecular complexity index is 2270. The summed E-state index contributed by atoms with van der Waals surface area (Å²) in [6.45, 7) is 19.2. The number of benzene rings is 3. The highest BCUT2D eigenvalue weighted by Gasteiger charge is 2.44. The number of anilines is 2. The monoisotopic (exact) mass is 654 g/mol. The number of allylic oxidation sites excluding steroid dienone is 9. The van der Waals surface area contributed by atoms with Crippen molar-refractivity contribution in [3.05, 3.63) is 124 Å². The van der Waals surface area contributed by atoms with Crippen molar-refractivity contribution in [1.29, 1.82) is 0 Å². The highest BCUT2D eigenvalue weighted by Crippen LogP contribution is 2.46. The number of nitrogens with zero attached hydrogens (tertiary/aromatic N) is 2. The molecular weight excluding hydrogens is 603 g/mol. The van der Waals surface area contributed by atoms with Gasteiger partial charge in [0, 0.05) is 44.8 Å². The minimum atomic E-state index is -0.104. The number of aryl methyl sites for hydroxylation is 1. The van der Waals surface area contributed by atoms with E-state index in [2.05, 4.69) is 156 Å². The smallest absolute Gasteiger partial charge is 0.252 e. The molecule has 0 amide bonds. The summed E-state index contributed by atoms with van der Waals surface area (Å²) < 4.78 is 2.67. The van der Waals surface area contributed by atoms with Gasteiger partial charge >= 0.3 is 0 Å². The molecule has 0 radical (unpaired) electrons. The van der Waals surface area contributed by atoms with Crippen molar-refractivity contribution < 1.29 is 0 Å². The van der Waals surface area contributed by atoms with Crippen molar-refractivity contribution in [3.63, 3.8) is 0 Å². The van der Waals surface area contributed by atoms with E-state index in [4.69, 9.17) is 0 Å². The fourth-order valence-electron chi connectivity index (χ4n) is 9.56. The average molecular weight is 655 g/mol. The number of hydrogen-bond donors (Lipinski definition) is 0. The molecule has 2 nitrogen and oxygen atoms in total. The minimum absolute atomic E-state index is 0.0538. The Morgan fingerprint density at radius 3 is 2.16 bits per heavy atom. The number of para-hydroxylation sites is 1. The average Bonchev–Trinajstić information content (AvgIpc) is 3.44. The van der Waals surface area contributed by atoms with Crippen LogP contribution in [0.25, 0.3) is 22.7 Å². The van der Waals surface area contributed by atoms with Gasteiger partial charge in [0.1, 0.15) is 0 Å². The van der Waals surface area contributed by atoms with E-state index in [-0.39, 0.29) is 23.0 Å². The first-order chi connectivity index (χ1) is 23.8. The Balaban J connectivity index is 1.40. The molecule has 0 saturated heterocycles. The molecule has 1 aromatic heterocycles. The van der Waals surface area contributed by atoms with Gasteiger partial charge in [-0.25, -0.2) is 0 Å². The van der Waals surface area contributed by atoms with E-state index in [1.54, 1.807) is 0 Å². The molecule has 3 heteroatoms. The second kappa shape index (κ2) is 10.9. The van der Waals surface area contributed by atoms with Crippen LogP contribution in [-0.2, 0) is 17.3 Å². The molecule has 0 spiro atoms. The molecule has 2 aliphatic heterocycles. The minimum Gasteiger partial charge on any atom is -0.315 e. The van der Waals surface area contributed by atoms with E-state index < -0.39 is 0 Å². The normalized spacial score (nSPS) is 18.0. The molecule has 9 rings (SSSR count). The summed E-state index contributed by atoms with van der Waals surface area (Å²) in [5, 5.41) is 1.43. The molecule has 4 aromatic rings. The number of aromatic nitrogens is 1. The summed E-state index contributed by atoms with van der Waals surface area (Å²) in [6, 6.07) is 19.8. The van der Waals surface area contributed by atoms with E-state index in [1.807, 2.05) is 0 Å². The van der Waals surface area contributed by atoms with Crippen LogP contribution in [0.5, 0.6) is 0 Å². The number of hydrogen-bond acceptors (Lipinski definition) is 1. The largest absolute Gasteiger partial charge is 0.315 e. The molecule has 0 N–H and O–H groups in total. The van der Waals surface area contributed by atoms with Crippen LogP contribution in [0.15, 0.2) is 102 Å². The van der Waals surface area contributed by atoms with E-state index in [0.717, 1.165) is 38.5 Å². The van der Waals surface area contributed by atoms with Crippen molar-refractivity contribution in [2.24, 2.45) is 5.41 Å². The highest BCUT2D eigenvalue weighted by molar-refractivity contribution is 7.00. The van der Waals surface area contributed by atoms with Gasteiger partial charge in [0.2, 0.25) is 0 Å². The van der Waals surface area contributed by atoms with E-state index in [1.165, 1.54) is 83.6 Å². The lowest BCUT2D eigenvalue weighted by atomic mass is 9.33. The van der Waals surface area contributed by atoms with Crippen LogP contribution >= 0.6 is 0 Å². The van der Waals surface area contributed by atoms with Crippen LogP contribution in [0.1, 0.15) is 110 Å². The van der Waals surface area contributed by atoms with Gasteiger partial charge in [0.05, 0.1) is 0 Å². The quantitative estimate of drug-likeness (QED) is 0.176. The first-order valence-electron chi connectivity index (χ1n) is 19.1. The highest BCUT2D eigenvalue weighted by atomic mass is 15.2. The third kappa shape index (κ3) is 4.61. The molecule has 0 fully saturated rings. The molecule has 0 atom stereocenters. The summed E-state index contributed by atoms with van der Waals surface area (Å²) in [5.41, 5.74) is 20.1. The SMILES string of the molecule is CC(C)(C)C1=CC=C(N2c3ccc(C(C)(C)C)cc3B3c4c2cc(C(C)(C)C2=CC=CCC2)cc4-n2c4c(c5cccc3c52)CCC=C4)CC1. The van der Waals surface area contributed by atoms with Gasteiger partial charge in [-0.15, -0.1) is 0 Å². The van der Waals surface area contributed by atoms with Crippen LogP contribution < -0.4 is 21.3 Å². The molecule has 3 aromatic carbocycles. The molecule has 3 aliphatic carbocycles. The summed E-state index contributed by atoms with van der Waals surface area (Å²) in [7, 11) is 0. The fourth-order valence-corrected chi connectivity index (χ4v) is 9.56. The Morgan fingerprint density at radius 1 is 0.640 bits per heavy atom. The summed E-state index contributed by atoms with van der Waals surface area (Å²) in [6.07, 6.45) is 23.2. The first-order valence-corrected chi connectivity index (χ1v) is 19.1. The molecule has 0 bridgehead atoms. The Labute approximate surface area is 300 Å². The molecule has 0 saturated carbocycles. The lowest BCUT2D eigenvalue weighted by Crippen LogP contribution is -2.61. The van der Waals surface area contributed by atoms with Gasteiger partial charge in [-0.2, -0.15) is 0 Å². The maximum Gasteiger partial charge on any atom is 0.252 e. The van der Waals surface area contributed by atoms with Crippen LogP contribution in [0.2, 0.25) is 0 Å². The van der Waals surface area contributed by atoms with Crippen molar-refractivity contribution in [2.75, 3.05) is 4.90 Å². The summed E-state index contributed by atoms with van der Waals surface area (Å²) in [4.78, 5) is 2.68. The van der Waals surface area contributed by atoms with Gasteiger partial charge in [-0.05, 0) is 113 Å². The standard InChI is InChI=1S/C47H51BN2/c1-45(2,3)30-21-24-34(25-22-30)49-40-26-23-32(46(4,5)6)27-38(40)48-37-19-14-18-36-35-17-12-13-20-39(35)50(44(36)37)42-29-33(28-41(49)43(42)48)47(7,8)31-15-10-9-11-16-31/h9-10,13-15,18-21,23-24,26-29H,11-12,16-17,22,25H2,1-8H3. The van der Waals surface area contributed by atoms with Crippen molar-refractivity contribution in [3.8, 4) is 5.69 Å². The van der Waals surface area contributed by atoms with Crippen molar-refractivity contribution in [2.45, 2.75) is 105 Å². The Hall–Kier alpha value is -4.24. The topological polar surface area (TPSA) is 8.17 Å². The number of rotatable bonds is 3. The van der Waals surface area contributed by atoms with E-state index >= 15 is 0 Å². The van der Waals surface area contributed by atoms with Gasteiger partial charge in [-0.3, -0.25) is 0 Å². The zero-order valence-corrected chi connectivity index (χ0v) is 31.4. The van der Waals surface area contributed by atoms with Crippen LogP contribution in [0.4, 0.5) is 11.4 Å². The zero-order chi connectivity index (χ0) is 34.7. The molecule has 5 aliphatic rings. The van der Waals surface area contributed by atoms with Crippen molar-refractivity contribution >= 4 is 51.5 Å². The van der Waals surface area contributed by atoms with Crippen molar-refractivity contribution in [1.82, 2.24) is 4.57 Å². The lowest BCUT2D eigenvalue weighted by Gasteiger charge is -2.44. The molecule has 252 valence electrons. The lowest BCUT2D eigenvalue weighted by molar-refractivity contribution is 0.479. The fraction of sp³-hybridized carbons (Fsp3) is 0.362. The van der Waals surface area contributed by atoms with Crippen LogP contribution in [0.3, 0.4) is 0 Å². The molecule has 0 unspecified atom stereocenters. The molecular formula is C47H51BN2. The van der Waals surface area contributed by atoms with E-state index in [9.17, 15) is 0 Å². The Kier molecular flexibility index (Phi) is 6.90. The second-order valence-electron chi connectivity index (χ2n) is 18.0. The van der Waals surface area contributed by atoms with Gasteiger partial charge in [-0.1, -0.05) is 127 Å². The summed E-state index contributed by atoms with van der Waals surface area (Å²) in [5.74, 6) is 0. The summed E-state index contributed by atoms with van der Waals surface area (Å²) >= 11 is 0. The Morgan fingerprint density at radius 2 is 1.44 bits per heavy atom. The number of fused-ring (bicyclic) bond motifs is 7. The second-order valence-corrected chi connectivity index (χ2v) is 18.0. The maximum absolute atomic E-state index is 2.68. The molecule has 3 heterocycles. The van der Waals surface area contributed by atoms with Gasteiger partial charge in [0.25, 0.3) is 6.71 Å². The van der Waals surface area contributed by atoms with Gasteiger partial charge in [0.15, 0.2) is 0 Å².